The predicted molar refractivity (Wildman–Crippen MR) is 101 cm³/mol. The zero-order valence-corrected chi connectivity index (χ0v) is 15.6. The molecule has 2 aliphatic rings. The maximum Gasteiger partial charge on any atom is 0.246 e. The predicted octanol–water partition coefficient (Wildman–Crippen LogP) is 2.57. The van der Waals surface area contributed by atoms with Gasteiger partial charge in [0.05, 0.1) is 18.8 Å². The summed E-state index contributed by atoms with van der Waals surface area (Å²) >= 11 is 0. The lowest BCUT2D eigenvalue weighted by Gasteiger charge is -2.40. The number of carbonyl (C=O) groups is 2. The van der Waals surface area contributed by atoms with Crippen molar-refractivity contribution in [3.8, 4) is 0 Å². The zero-order valence-electron chi connectivity index (χ0n) is 15.6. The SMILES string of the molecule is CC1CN(C(=O)C2CCN(C(=O)/C=C/c3ccccc3)CC2)C(C)CO1. The lowest BCUT2D eigenvalue weighted by Crippen LogP contribution is -2.53. The second-order valence-electron chi connectivity index (χ2n) is 7.33. The van der Waals surface area contributed by atoms with Crippen LogP contribution in [0.4, 0.5) is 0 Å². The number of ether oxygens (including phenoxy) is 1. The normalized spacial score (nSPS) is 24.8. The summed E-state index contributed by atoms with van der Waals surface area (Å²) in [5.41, 5.74) is 1.02. The third kappa shape index (κ3) is 4.52. The van der Waals surface area contributed by atoms with Gasteiger partial charge < -0.3 is 14.5 Å². The largest absolute Gasteiger partial charge is 0.375 e. The van der Waals surface area contributed by atoms with Gasteiger partial charge in [-0.25, -0.2) is 0 Å². The van der Waals surface area contributed by atoms with Gasteiger partial charge in [-0.2, -0.15) is 0 Å². The Morgan fingerprint density at radius 1 is 1.12 bits per heavy atom. The summed E-state index contributed by atoms with van der Waals surface area (Å²) in [7, 11) is 0. The van der Waals surface area contributed by atoms with Gasteiger partial charge in [0.25, 0.3) is 0 Å². The van der Waals surface area contributed by atoms with Crippen LogP contribution in [0.2, 0.25) is 0 Å². The molecule has 0 aromatic heterocycles. The van der Waals surface area contributed by atoms with Crippen LogP contribution in [0.3, 0.4) is 0 Å². The van der Waals surface area contributed by atoms with Gasteiger partial charge in [-0.1, -0.05) is 30.3 Å². The lowest BCUT2D eigenvalue weighted by atomic mass is 9.94. The molecule has 1 aromatic rings. The molecular formula is C21H28N2O3. The van der Waals surface area contributed by atoms with E-state index < -0.39 is 0 Å². The van der Waals surface area contributed by atoms with Crippen LogP contribution < -0.4 is 0 Å². The molecule has 0 bridgehead atoms. The van der Waals surface area contributed by atoms with Crippen molar-refractivity contribution in [1.29, 1.82) is 0 Å². The summed E-state index contributed by atoms with van der Waals surface area (Å²) in [6.07, 6.45) is 5.05. The van der Waals surface area contributed by atoms with E-state index in [4.69, 9.17) is 4.74 Å². The summed E-state index contributed by atoms with van der Waals surface area (Å²) in [6.45, 7) is 6.60. The summed E-state index contributed by atoms with van der Waals surface area (Å²) in [4.78, 5) is 29.0. The van der Waals surface area contributed by atoms with Gasteiger partial charge in [-0.15, -0.1) is 0 Å². The molecule has 140 valence electrons. The smallest absolute Gasteiger partial charge is 0.246 e. The van der Waals surface area contributed by atoms with E-state index in [1.807, 2.05) is 60.1 Å². The number of hydrogen-bond acceptors (Lipinski definition) is 3. The van der Waals surface area contributed by atoms with E-state index in [-0.39, 0.29) is 29.9 Å². The fourth-order valence-electron chi connectivity index (χ4n) is 3.63. The van der Waals surface area contributed by atoms with Crippen LogP contribution in [-0.4, -0.2) is 60.0 Å². The van der Waals surface area contributed by atoms with Crippen molar-refractivity contribution >= 4 is 17.9 Å². The van der Waals surface area contributed by atoms with E-state index in [1.165, 1.54) is 0 Å². The van der Waals surface area contributed by atoms with Gasteiger partial charge in [0.1, 0.15) is 0 Å². The van der Waals surface area contributed by atoms with E-state index in [0.29, 0.717) is 26.2 Å². The molecular weight excluding hydrogens is 328 g/mol. The maximum atomic E-state index is 12.8. The first-order chi connectivity index (χ1) is 12.5. The topological polar surface area (TPSA) is 49.9 Å². The summed E-state index contributed by atoms with van der Waals surface area (Å²) < 4.78 is 5.62. The third-order valence-corrected chi connectivity index (χ3v) is 5.26. The number of nitrogens with zero attached hydrogens (tertiary/aromatic N) is 2. The molecule has 0 saturated carbocycles. The minimum absolute atomic E-state index is 0.0184. The number of hydrogen-bond donors (Lipinski definition) is 0. The first kappa shape index (κ1) is 18.6. The standard InChI is InChI=1S/C21H28N2O3/c1-16-15-26-17(2)14-23(16)21(25)19-10-12-22(13-11-19)20(24)9-8-18-6-4-3-5-7-18/h3-9,16-17,19H,10-15H2,1-2H3/b9-8+. The fourth-order valence-corrected chi connectivity index (χ4v) is 3.63. The summed E-state index contributed by atoms with van der Waals surface area (Å²) in [6, 6.07) is 9.94. The molecule has 0 aliphatic carbocycles. The molecule has 2 unspecified atom stereocenters. The number of amides is 2. The van der Waals surface area contributed by atoms with Gasteiger partial charge in [0.2, 0.25) is 11.8 Å². The lowest BCUT2D eigenvalue weighted by molar-refractivity contribution is -0.150. The van der Waals surface area contributed by atoms with Crippen molar-refractivity contribution < 1.29 is 14.3 Å². The van der Waals surface area contributed by atoms with Crippen molar-refractivity contribution in [2.24, 2.45) is 5.92 Å². The first-order valence-corrected chi connectivity index (χ1v) is 9.48. The van der Waals surface area contributed by atoms with Gasteiger partial charge in [-0.3, -0.25) is 9.59 Å². The van der Waals surface area contributed by atoms with Crippen LogP contribution in [0.5, 0.6) is 0 Å². The highest BCUT2D eigenvalue weighted by Crippen LogP contribution is 2.23. The molecule has 2 saturated heterocycles. The van der Waals surface area contributed by atoms with Crippen molar-refractivity contribution in [3.63, 3.8) is 0 Å². The third-order valence-electron chi connectivity index (χ3n) is 5.26. The zero-order chi connectivity index (χ0) is 18.5. The summed E-state index contributed by atoms with van der Waals surface area (Å²) in [5, 5.41) is 0. The maximum absolute atomic E-state index is 12.8. The van der Waals surface area contributed by atoms with Crippen LogP contribution >= 0.6 is 0 Å². The number of morpholine rings is 1. The van der Waals surface area contributed by atoms with Crippen molar-refractivity contribution in [1.82, 2.24) is 9.80 Å². The molecule has 1 aromatic carbocycles. The minimum Gasteiger partial charge on any atom is -0.375 e. The molecule has 2 aliphatic heterocycles. The monoisotopic (exact) mass is 356 g/mol. The van der Waals surface area contributed by atoms with Gasteiger partial charge in [0.15, 0.2) is 0 Å². The van der Waals surface area contributed by atoms with E-state index in [2.05, 4.69) is 0 Å². The molecule has 0 spiro atoms. The van der Waals surface area contributed by atoms with Crippen LogP contribution in [0.15, 0.2) is 36.4 Å². The van der Waals surface area contributed by atoms with E-state index in [1.54, 1.807) is 6.08 Å². The Morgan fingerprint density at radius 2 is 1.81 bits per heavy atom. The second-order valence-corrected chi connectivity index (χ2v) is 7.33. The Labute approximate surface area is 155 Å². The first-order valence-electron chi connectivity index (χ1n) is 9.48. The average molecular weight is 356 g/mol. The molecule has 26 heavy (non-hydrogen) atoms. The average Bonchev–Trinajstić information content (AvgIpc) is 2.68. The number of carbonyl (C=O) groups excluding carboxylic acids is 2. The highest BCUT2D eigenvalue weighted by Gasteiger charge is 2.34. The van der Waals surface area contributed by atoms with Crippen LogP contribution in [0.1, 0.15) is 32.3 Å². The van der Waals surface area contributed by atoms with Crippen molar-refractivity contribution in [2.75, 3.05) is 26.2 Å². The number of piperidine rings is 1. The van der Waals surface area contributed by atoms with Crippen molar-refractivity contribution in [2.45, 2.75) is 38.8 Å². The van der Waals surface area contributed by atoms with Gasteiger partial charge in [-0.05, 0) is 38.3 Å². The molecule has 2 amide bonds. The van der Waals surface area contributed by atoms with Crippen molar-refractivity contribution in [3.05, 3.63) is 42.0 Å². The minimum atomic E-state index is 0.0184. The van der Waals surface area contributed by atoms with Gasteiger partial charge >= 0.3 is 0 Å². The Morgan fingerprint density at radius 3 is 2.50 bits per heavy atom. The molecule has 2 atom stereocenters. The molecule has 2 fully saturated rings. The Hall–Kier alpha value is -2.14. The molecule has 0 radical (unpaired) electrons. The van der Waals surface area contributed by atoms with Crippen LogP contribution in [0.25, 0.3) is 6.08 Å². The Kier molecular flexibility index (Phi) is 6.09. The molecule has 3 rings (SSSR count). The molecule has 2 heterocycles. The fraction of sp³-hybridized carbons (Fsp3) is 0.524. The number of likely N-dealkylation sites (tertiary alicyclic amines) is 1. The highest BCUT2D eigenvalue weighted by atomic mass is 16.5. The summed E-state index contributed by atoms with van der Waals surface area (Å²) in [5.74, 6) is 0.262. The molecule has 5 nitrogen and oxygen atoms in total. The quantitative estimate of drug-likeness (QED) is 0.782. The highest BCUT2D eigenvalue weighted by molar-refractivity contribution is 5.92. The van der Waals surface area contributed by atoms with Crippen LogP contribution in [-0.2, 0) is 14.3 Å². The second kappa shape index (κ2) is 8.49. The Balaban J connectivity index is 1.51. The Bertz CT molecular complexity index is 650. The van der Waals surface area contributed by atoms with E-state index in [9.17, 15) is 9.59 Å². The van der Waals surface area contributed by atoms with E-state index in [0.717, 1.165) is 18.4 Å². The van der Waals surface area contributed by atoms with Crippen LogP contribution in [0, 0.1) is 5.92 Å². The molecule has 5 heteroatoms. The van der Waals surface area contributed by atoms with E-state index >= 15 is 0 Å². The number of rotatable bonds is 3. The molecule has 0 N–H and O–H groups in total. The number of benzene rings is 1. The van der Waals surface area contributed by atoms with Gasteiger partial charge in [0, 0.05) is 31.6 Å².